The molecule has 0 aromatic heterocycles. The number of hydrogen-bond donors (Lipinski definition) is 1. The Balaban J connectivity index is 2.19. The summed E-state index contributed by atoms with van der Waals surface area (Å²) >= 11 is 0. The molecule has 0 saturated heterocycles. The minimum Gasteiger partial charge on any atom is -0.493 e. The Morgan fingerprint density at radius 2 is 1.95 bits per heavy atom. The van der Waals surface area contributed by atoms with Crippen LogP contribution in [-0.4, -0.2) is 52.3 Å². The molecule has 0 saturated carbocycles. The van der Waals surface area contributed by atoms with E-state index in [0.717, 1.165) is 37.6 Å². The third-order valence-corrected chi connectivity index (χ3v) is 2.81. The summed E-state index contributed by atoms with van der Waals surface area (Å²) in [7, 11) is 5.83. The Morgan fingerprint density at radius 3 is 2.63 bits per heavy atom. The summed E-state index contributed by atoms with van der Waals surface area (Å²) in [5.74, 6) is 1.63. The molecule has 1 rings (SSSR count). The van der Waals surface area contributed by atoms with E-state index in [1.165, 1.54) is 5.56 Å². The largest absolute Gasteiger partial charge is 0.493 e. The first kappa shape index (κ1) is 15.8. The predicted octanol–water partition coefficient (Wildman–Crippen LogP) is 1.92. The summed E-state index contributed by atoms with van der Waals surface area (Å²) in [6.45, 7) is 5.80. The molecule has 0 aliphatic heterocycles. The van der Waals surface area contributed by atoms with E-state index in [1.807, 2.05) is 25.1 Å². The number of aryl methyl sites for hydroxylation is 1. The molecule has 0 aliphatic carbocycles. The van der Waals surface area contributed by atoms with Gasteiger partial charge in [-0.3, -0.25) is 0 Å². The zero-order valence-corrected chi connectivity index (χ0v) is 12.5. The summed E-state index contributed by atoms with van der Waals surface area (Å²) in [6, 6.07) is 5.99. The highest BCUT2D eigenvalue weighted by atomic mass is 16.5. The molecule has 0 radical (unpaired) electrons. The van der Waals surface area contributed by atoms with Crippen LogP contribution in [0.25, 0.3) is 0 Å². The lowest BCUT2D eigenvalue weighted by Crippen LogP contribution is -2.27. The molecule has 4 nitrogen and oxygen atoms in total. The van der Waals surface area contributed by atoms with Crippen LogP contribution in [0.15, 0.2) is 18.2 Å². The molecule has 0 atom stereocenters. The Labute approximate surface area is 116 Å². The van der Waals surface area contributed by atoms with E-state index in [-0.39, 0.29) is 0 Å². The molecule has 19 heavy (non-hydrogen) atoms. The molecule has 1 aromatic carbocycles. The van der Waals surface area contributed by atoms with Crippen LogP contribution in [-0.2, 0) is 0 Å². The zero-order chi connectivity index (χ0) is 14.1. The molecule has 108 valence electrons. The molecule has 0 fully saturated rings. The maximum Gasteiger partial charge on any atom is 0.161 e. The zero-order valence-electron chi connectivity index (χ0n) is 12.5. The Morgan fingerprint density at radius 1 is 1.16 bits per heavy atom. The molecule has 0 aliphatic rings. The van der Waals surface area contributed by atoms with E-state index >= 15 is 0 Å². The fourth-order valence-electron chi connectivity index (χ4n) is 1.70. The lowest BCUT2D eigenvalue weighted by atomic mass is 10.2. The van der Waals surface area contributed by atoms with Crippen LogP contribution in [0, 0.1) is 6.92 Å². The van der Waals surface area contributed by atoms with Gasteiger partial charge in [0.2, 0.25) is 0 Å². The average molecular weight is 266 g/mol. The van der Waals surface area contributed by atoms with E-state index in [4.69, 9.17) is 9.47 Å². The van der Waals surface area contributed by atoms with Gasteiger partial charge in [0.15, 0.2) is 11.5 Å². The molecule has 4 heteroatoms. The quantitative estimate of drug-likeness (QED) is 0.692. The molecule has 1 N–H and O–H groups in total. The van der Waals surface area contributed by atoms with Crippen LogP contribution in [0.1, 0.15) is 12.0 Å². The third-order valence-electron chi connectivity index (χ3n) is 2.81. The maximum absolute atomic E-state index is 5.74. The van der Waals surface area contributed by atoms with Crippen molar-refractivity contribution in [3.63, 3.8) is 0 Å². The number of methoxy groups -OCH3 is 1. The lowest BCUT2D eigenvalue weighted by molar-refractivity contribution is 0.286. The Bertz CT molecular complexity index is 367. The summed E-state index contributed by atoms with van der Waals surface area (Å²) in [5.41, 5.74) is 1.18. The topological polar surface area (TPSA) is 33.7 Å². The highest BCUT2D eigenvalue weighted by Gasteiger charge is 2.03. The average Bonchev–Trinajstić information content (AvgIpc) is 2.38. The van der Waals surface area contributed by atoms with Gasteiger partial charge in [-0.1, -0.05) is 6.07 Å². The van der Waals surface area contributed by atoms with Gasteiger partial charge < -0.3 is 19.7 Å². The molecule has 0 amide bonds. The van der Waals surface area contributed by atoms with Crippen molar-refractivity contribution in [1.82, 2.24) is 10.2 Å². The molecule has 0 bridgehead atoms. The van der Waals surface area contributed by atoms with E-state index in [0.29, 0.717) is 6.61 Å². The molecule has 0 heterocycles. The Kier molecular flexibility index (Phi) is 7.30. The summed E-state index contributed by atoms with van der Waals surface area (Å²) in [6.07, 6.45) is 0.991. The first-order valence-corrected chi connectivity index (χ1v) is 6.76. The minimum atomic E-state index is 0.703. The summed E-state index contributed by atoms with van der Waals surface area (Å²) in [5, 5.41) is 3.39. The van der Waals surface area contributed by atoms with Crippen LogP contribution in [0.3, 0.4) is 0 Å². The van der Waals surface area contributed by atoms with E-state index in [2.05, 4.69) is 24.3 Å². The van der Waals surface area contributed by atoms with Crippen molar-refractivity contribution in [3.05, 3.63) is 23.8 Å². The molecular formula is C15H26N2O2. The Hall–Kier alpha value is -1.26. The number of rotatable bonds is 9. The first-order chi connectivity index (χ1) is 9.13. The summed E-state index contributed by atoms with van der Waals surface area (Å²) in [4.78, 5) is 2.17. The van der Waals surface area contributed by atoms with Crippen molar-refractivity contribution in [1.29, 1.82) is 0 Å². The fraction of sp³-hybridized carbons (Fsp3) is 0.600. The molecular weight excluding hydrogens is 240 g/mol. The van der Waals surface area contributed by atoms with Crippen molar-refractivity contribution in [3.8, 4) is 11.5 Å². The van der Waals surface area contributed by atoms with Crippen LogP contribution < -0.4 is 14.8 Å². The van der Waals surface area contributed by atoms with E-state index in [9.17, 15) is 0 Å². The van der Waals surface area contributed by atoms with Gasteiger partial charge in [-0.25, -0.2) is 0 Å². The van der Waals surface area contributed by atoms with Gasteiger partial charge in [0.1, 0.15) is 0 Å². The number of nitrogens with one attached hydrogen (secondary N) is 1. The van der Waals surface area contributed by atoms with E-state index < -0.39 is 0 Å². The monoisotopic (exact) mass is 266 g/mol. The van der Waals surface area contributed by atoms with Gasteiger partial charge in [0.25, 0.3) is 0 Å². The van der Waals surface area contributed by atoms with Crippen molar-refractivity contribution in [2.24, 2.45) is 0 Å². The van der Waals surface area contributed by atoms with Gasteiger partial charge in [-0.2, -0.15) is 0 Å². The SMILES string of the molecule is COc1cc(C)ccc1OCCCNCCN(C)C. The second-order valence-electron chi connectivity index (χ2n) is 4.91. The van der Waals surface area contributed by atoms with Crippen molar-refractivity contribution in [2.45, 2.75) is 13.3 Å². The third kappa shape index (κ3) is 6.45. The normalized spacial score (nSPS) is 10.8. The smallest absolute Gasteiger partial charge is 0.161 e. The second kappa shape index (κ2) is 8.77. The molecule has 0 unspecified atom stereocenters. The molecule has 1 aromatic rings. The van der Waals surface area contributed by atoms with E-state index in [1.54, 1.807) is 7.11 Å². The minimum absolute atomic E-state index is 0.703. The van der Waals surface area contributed by atoms with Crippen molar-refractivity contribution < 1.29 is 9.47 Å². The summed E-state index contributed by atoms with van der Waals surface area (Å²) < 4.78 is 11.0. The van der Waals surface area contributed by atoms with Crippen LogP contribution >= 0.6 is 0 Å². The fourth-order valence-corrected chi connectivity index (χ4v) is 1.70. The maximum atomic E-state index is 5.74. The first-order valence-electron chi connectivity index (χ1n) is 6.76. The van der Waals surface area contributed by atoms with Gasteiger partial charge in [-0.05, 0) is 51.7 Å². The highest BCUT2D eigenvalue weighted by Crippen LogP contribution is 2.27. The van der Waals surface area contributed by atoms with Gasteiger partial charge in [-0.15, -0.1) is 0 Å². The van der Waals surface area contributed by atoms with Crippen molar-refractivity contribution in [2.75, 3.05) is 47.4 Å². The van der Waals surface area contributed by atoms with Gasteiger partial charge in [0.05, 0.1) is 13.7 Å². The highest BCUT2D eigenvalue weighted by molar-refractivity contribution is 5.42. The number of hydrogen-bond acceptors (Lipinski definition) is 4. The number of nitrogens with zero attached hydrogens (tertiary/aromatic N) is 1. The predicted molar refractivity (Wildman–Crippen MR) is 79.3 cm³/mol. The number of likely N-dealkylation sites (N-methyl/N-ethyl adjacent to an activating group) is 1. The number of ether oxygens (including phenoxy) is 2. The second-order valence-corrected chi connectivity index (χ2v) is 4.91. The standard InChI is InChI=1S/C15H26N2O2/c1-13-6-7-14(15(12-13)18-4)19-11-5-8-16-9-10-17(2)3/h6-7,12,16H,5,8-11H2,1-4H3. The van der Waals surface area contributed by atoms with Gasteiger partial charge >= 0.3 is 0 Å². The number of benzene rings is 1. The van der Waals surface area contributed by atoms with Crippen LogP contribution in [0.5, 0.6) is 11.5 Å². The molecule has 0 spiro atoms. The van der Waals surface area contributed by atoms with Crippen LogP contribution in [0.4, 0.5) is 0 Å². The van der Waals surface area contributed by atoms with Gasteiger partial charge in [0, 0.05) is 13.1 Å². The van der Waals surface area contributed by atoms with Crippen LogP contribution in [0.2, 0.25) is 0 Å². The lowest BCUT2D eigenvalue weighted by Gasteiger charge is -2.12. The van der Waals surface area contributed by atoms with Crippen molar-refractivity contribution >= 4 is 0 Å².